The van der Waals surface area contributed by atoms with Crippen LogP contribution in [0.2, 0.25) is 0 Å². The Hall–Kier alpha value is -4.74. The van der Waals surface area contributed by atoms with Crippen LogP contribution < -0.4 is 15.8 Å². The summed E-state index contributed by atoms with van der Waals surface area (Å²) in [6.45, 7) is 8.62. The number of amides is 5. The third-order valence-electron chi connectivity index (χ3n) is 9.79. The monoisotopic (exact) mass is 721 g/mol. The van der Waals surface area contributed by atoms with E-state index in [-0.39, 0.29) is 36.4 Å². The molecule has 12 heteroatoms. The number of hydrogen-bond donors (Lipinski definition) is 2. The van der Waals surface area contributed by atoms with Crippen LogP contribution in [0.25, 0.3) is 0 Å². The highest BCUT2D eigenvalue weighted by molar-refractivity contribution is 5.95. The van der Waals surface area contributed by atoms with E-state index in [1.165, 1.54) is 35.7 Å². The first kappa shape index (κ1) is 43.4. The van der Waals surface area contributed by atoms with Crippen LogP contribution in [-0.4, -0.2) is 102 Å². The molecule has 0 bridgehead atoms. The second-order valence-electron chi connectivity index (χ2n) is 14.1. The molecule has 0 fully saturated rings. The van der Waals surface area contributed by atoms with Crippen LogP contribution in [0.4, 0.5) is 0 Å². The normalized spacial score (nSPS) is 14.5. The van der Waals surface area contributed by atoms with Gasteiger partial charge in [-0.2, -0.15) is 0 Å². The number of Topliss-reactive ketones (excluding diaryl/α,β-unsaturated/α-hetero) is 1. The van der Waals surface area contributed by atoms with Crippen molar-refractivity contribution in [2.24, 2.45) is 17.6 Å². The van der Waals surface area contributed by atoms with Crippen LogP contribution in [0.15, 0.2) is 54.6 Å². The Bertz CT molecular complexity index is 1500. The summed E-state index contributed by atoms with van der Waals surface area (Å²) in [5.41, 5.74) is 7.33. The van der Waals surface area contributed by atoms with Crippen molar-refractivity contribution in [2.75, 3.05) is 28.3 Å². The van der Waals surface area contributed by atoms with Gasteiger partial charge in [-0.1, -0.05) is 69.2 Å². The van der Waals surface area contributed by atoms with Gasteiger partial charge in [0.1, 0.15) is 35.7 Å². The van der Waals surface area contributed by atoms with Crippen molar-refractivity contribution in [2.45, 2.75) is 104 Å². The van der Waals surface area contributed by atoms with E-state index in [0.29, 0.717) is 18.6 Å². The van der Waals surface area contributed by atoms with Gasteiger partial charge in [0.05, 0.1) is 7.11 Å². The van der Waals surface area contributed by atoms with Crippen molar-refractivity contribution >= 4 is 35.3 Å². The van der Waals surface area contributed by atoms with Crippen molar-refractivity contribution in [1.29, 1.82) is 0 Å². The van der Waals surface area contributed by atoms with Crippen molar-refractivity contribution in [1.82, 2.24) is 20.0 Å². The summed E-state index contributed by atoms with van der Waals surface area (Å²) >= 11 is 0. The standard InChI is InChI=1S/C40H59N5O7/c1-26(15-13-14-16-28(3)46)23-27(2)38(49)45(8)35(25-31-17-11-10-12-18-31)37(48)42-29(4)39(50)43(6)30(5)40(51)44(7)34(36(41)47)24-32-19-21-33(52-9)22-20-32/h10-12,17-22,26-27,29-30,34-35H,13-16,23-25H2,1-9H3,(H2,41,47)(H,42,48)/t26-,27+,29-,30-,34-,35+/m1/s1. The van der Waals surface area contributed by atoms with E-state index in [4.69, 9.17) is 10.5 Å². The molecule has 0 saturated carbocycles. The van der Waals surface area contributed by atoms with Gasteiger partial charge < -0.3 is 35.3 Å². The number of nitrogens with two attached hydrogens (primary N) is 1. The maximum absolute atomic E-state index is 13.9. The Kier molecular flexibility index (Phi) is 17.5. The summed E-state index contributed by atoms with van der Waals surface area (Å²) in [7, 11) is 6.09. The Morgan fingerprint density at radius 2 is 1.29 bits per heavy atom. The summed E-state index contributed by atoms with van der Waals surface area (Å²) in [4.78, 5) is 82.3. The van der Waals surface area contributed by atoms with Crippen molar-refractivity contribution in [3.63, 3.8) is 0 Å². The minimum absolute atomic E-state index is 0.173. The van der Waals surface area contributed by atoms with Crippen LogP contribution >= 0.6 is 0 Å². The number of nitrogens with zero attached hydrogens (tertiary/aromatic N) is 3. The van der Waals surface area contributed by atoms with E-state index in [2.05, 4.69) is 12.2 Å². The quantitative estimate of drug-likeness (QED) is 0.186. The van der Waals surface area contributed by atoms with E-state index in [9.17, 15) is 28.8 Å². The fourth-order valence-electron chi connectivity index (χ4n) is 6.33. The number of benzene rings is 2. The van der Waals surface area contributed by atoms with Gasteiger partial charge >= 0.3 is 0 Å². The highest BCUT2D eigenvalue weighted by Crippen LogP contribution is 2.22. The number of rotatable bonds is 21. The molecule has 0 unspecified atom stereocenters. The molecule has 286 valence electrons. The number of nitrogens with one attached hydrogen (secondary N) is 1. The summed E-state index contributed by atoms with van der Waals surface area (Å²) in [6.07, 6.45) is 4.25. The molecule has 2 rings (SSSR count). The summed E-state index contributed by atoms with van der Waals surface area (Å²) in [5, 5.41) is 2.79. The van der Waals surface area contributed by atoms with Crippen LogP contribution in [0.5, 0.6) is 5.75 Å². The van der Waals surface area contributed by atoms with E-state index in [1.54, 1.807) is 52.3 Å². The van der Waals surface area contributed by atoms with E-state index in [1.807, 2.05) is 37.3 Å². The van der Waals surface area contributed by atoms with E-state index < -0.39 is 47.8 Å². The summed E-state index contributed by atoms with van der Waals surface area (Å²) in [6, 6.07) is 12.5. The number of hydrogen-bond acceptors (Lipinski definition) is 7. The van der Waals surface area contributed by atoms with E-state index in [0.717, 1.165) is 30.4 Å². The summed E-state index contributed by atoms with van der Waals surface area (Å²) < 4.78 is 5.19. The third-order valence-corrected chi connectivity index (χ3v) is 9.79. The molecule has 12 nitrogen and oxygen atoms in total. The fraction of sp³-hybridized carbons (Fsp3) is 0.550. The highest BCUT2D eigenvalue weighted by atomic mass is 16.5. The fourth-order valence-corrected chi connectivity index (χ4v) is 6.33. The maximum Gasteiger partial charge on any atom is 0.245 e. The molecule has 0 aliphatic carbocycles. The van der Waals surface area contributed by atoms with Crippen LogP contribution in [0.3, 0.4) is 0 Å². The largest absolute Gasteiger partial charge is 0.497 e. The number of methoxy groups -OCH3 is 1. The lowest BCUT2D eigenvalue weighted by atomic mass is 9.91. The van der Waals surface area contributed by atoms with Gasteiger partial charge in [0, 0.05) is 46.3 Å². The number of unbranched alkanes of at least 4 members (excludes halogenated alkanes) is 1. The van der Waals surface area contributed by atoms with Crippen molar-refractivity contribution in [3.8, 4) is 5.75 Å². The van der Waals surface area contributed by atoms with Crippen LogP contribution in [0, 0.1) is 11.8 Å². The smallest absolute Gasteiger partial charge is 0.245 e. The van der Waals surface area contributed by atoms with Gasteiger partial charge in [0.2, 0.25) is 29.5 Å². The molecular formula is C40H59N5O7. The Labute approximate surface area is 309 Å². The molecule has 52 heavy (non-hydrogen) atoms. The van der Waals surface area contributed by atoms with Crippen LogP contribution in [0.1, 0.15) is 77.8 Å². The molecule has 0 aromatic heterocycles. The lowest BCUT2D eigenvalue weighted by Crippen LogP contribution is -2.58. The maximum atomic E-state index is 13.9. The summed E-state index contributed by atoms with van der Waals surface area (Å²) in [5.74, 6) is -1.64. The van der Waals surface area contributed by atoms with E-state index >= 15 is 0 Å². The zero-order valence-electron chi connectivity index (χ0n) is 32.4. The zero-order valence-corrected chi connectivity index (χ0v) is 32.4. The predicted octanol–water partition coefficient (Wildman–Crippen LogP) is 3.78. The molecule has 2 aromatic rings. The minimum Gasteiger partial charge on any atom is -0.497 e. The molecule has 0 radical (unpaired) electrons. The molecule has 3 N–H and O–H groups in total. The lowest BCUT2D eigenvalue weighted by Gasteiger charge is -2.34. The second kappa shape index (κ2) is 20.9. The van der Waals surface area contributed by atoms with Crippen molar-refractivity contribution in [3.05, 3.63) is 65.7 Å². The molecule has 6 atom stereocenters. The topological polar surface area (TPSA) is 159 Å². The van der Waals surface area contributed by atoms with Crippen molar-refractivity contribution < 1.29 is 33.5 Å². The minimum atomic E-state index is -1.03. The first-order chi connectivity index (χ1) is 24.5. The van der Waals surface area contributed by atoms with Gasteiger partial charge in [-0.15, -0.1) is 0 Å². The Balaban J connectivity index is 2.13. The molecule has 0 heterocycles. The molecule has 0 aliphatic heterocycles. The highest BCUT2D eigenvalue weighted by Gasteiger charge is 2.35. The number of ether oxygens (including phenoxy) is 1. The zero-order chi connectivity index (χ0) is 39.1. The van der Waals surface area contributed by atoms with Gasteiger partial charge in [-0.25, -0.2) is 0 Å². The number of primary amides is 1. The molecular weight excluding hydrogens is 662 g/mol. The van der Waals surface area contributed by atoms with Crippen LogP contribution in [-0.2, 0) is 41.6 Å². The molecule has 0 spiro atoms. The van der Waals surface area contributed by atoms with Gasteiger partial charge in [0.15, 0.2) is 0 Å². The van der Waals surface area contributed by atoms with Gasteiger partial charge in [-0.3, -0.25) is 24.0 Å². The molecule has 0 aliphatic rings. The SMILES string of the molecule is COc1ccc(C[C@H](C(N)=O)N(C)C(=O)[C@@H](C)N(C)C(=O)[C@@H](C)NC(=O)[C@H](Cc2ccccc2)N(C)C(=O)[C@@H](C)C[C@H](C)CCCCC(C)=O)cc1. The lowest BCUT2D eigenvalue weighted by molar-refractivity contribution is -0.148. The third kappa shape index (κ3) is 13.1. The first-order valence-corrected chi connectivity index (χ1v) is 18.0. The molecule has 2 aromatic carbocycles. The van der Waals surface area contributed by atoms with Gasteiger partial charge in [-0.05, 0) is 62.8 Å². The first-order valence-electron chi connectivity index (χ1n) is 18.0. The number of carbonyl (C=O) groups is 6. The average molecular weight is 722 g/mol. The average Bonchev–Trinajstić information content (AvgIpc) is 3.12. The number of likely N-dealkylation sites (N-methyl/N-ethyl adjacent to an activating group) is 3. The predicted molar refractivity (Wildman–Crippen MR) is 201 cm³/mol. The Morgan fingerprint density at radius 3 is 1.85 bits per heavy atom. The molecule has 5 amide bonds. The van der Waals surface area contributed by atoms with Gasteiger partial charge in [0.25, 0.3) is 0 Å². The Morgan fingerprint density at radius 1 is 0.731 bits per heavy atom. The second-order valence-corrected chi connectivity index (χ2v) is 14.1. The number of ketones is 1. The molecule has 0 saturated heterocycles. The number of carbonyl (C=O) groups excluding carboxylic acids is 6.